The number of rotatable bonds is 4. The summed E-state index contributed by atoms with van der Waals surface area (Å²) in [6, 6.07) is 9.14. The van der Waals surface area contributed by atoms with Crippen molar-refractivity contribution in [3.05, 3.63) is 30.0 Å². The van der Waals surface area contributed by atoms with Crippen LogP contribution in [0, 0.1) is 0 Å². The smallest absolute Gasteiger partial charge is 0.0841 e. The van der Waals surface area contributed by atoms with Gasteiger partial charge in [-0.1, -0.05) is 18.2 Å². The molecule has 1 saturated heterocycles. The Labute approximate surface area is 128 Å². The number of benzene rings is 1. The van der Waals surface area contributed by atoms with Crippen LogP contribution in [0.3, 0.4) is 0 Å². The first-order valence-corrected chi connectivity index (χ1v) is 9.52. The maximum atomic E-state index is 4.76. The highest BCUT2D eigenvalue weighted by molar-refractivity contribution is 8.03. The van der Waals surface area contributed by atoms with E-state index in [0.717, 1.165) is 13.1 Å². The summed E-state index contributed by atoms with van der Waals surface area (Å²) in [6.45, 7) is 3.95. The maximum Gasteiger partial charge on any atom is 0.0841 e. The molecule has 3 rings (SSSR count). The molecule has 0 aliphatic carbocycles. The summed E-state index contributed by atoms with van der Waals surface area (Å²) in [5.41, 5.74) is 2.43. The summed E-state index contributed by atoms with van der Waals surface area (Å²) in [7, 11) is 0. The molecule has 0 radical (unpaired) electrons. The van der Waals surface area contributed by atoms with E-state index in [-0.39, 0.29) is 0 Å². The van der Waals surface area contributed by atoms with Gasteiger partial charge >= 0.3 is 0 Å². The Balaban J connectivity index is 1.73. The van der Waals surface area contributed by atoms with Crippen LogP contribution in [0.4, 0.5) is 0 Å². The van der Waals surface area contributed by atoms with Gasteiger partial charge in [0.2, 0.25) is 0 Å². The highest BCUT2D eigenvalue weighted by Gasteiger charge is 2.14. The molecule has 1 aromatic heterocycles. The molecular weight excluding hydrogens is 286 g/mol. The summed E-state index contributed by atoms with van der Waals surface area (Å²) in [5.74, 6) is 5.02. The van der Waals surface area contributed by atoms with Gasteiger partial charge in [0, 0.05) is 47.5 Å². The van der Waals surface area contributed by atoms with E-state index in [4.69, 9.17) is 5.10 Å². The molecule has 2 aromatic rings. The predicted molar refractivity (Wildman–Crippen MR) is 90.7 cm³/mol. The number of aromatic nitrogens is 2. The number of hydrogen-bond acceptors (Lipinski definition) is 4. The van der Waals surface area contributed by atoms with Crippen LogP contribution < -0.4 is 5.32 Å². The van der Waals surface area contributed by atoms with Crippen molar-refractivity contribution in [1.29, 1.82) is 0 Å². The monoisotopic (exact) mass is 307 g/mol. The van der Waals surface area contributed by atoms with Crippen molar-refractivity contribution in [2.24, 2.45) is 0 Å². The molecule has 2 heterocycles. The molecule has 1 aliphatic heterocycles. The van der Waals surface area contributed by atoms with Crippen molar-refractivity contribution in [2.45, 2.75) is 26.1 Å². The van der Waals surface area contributed by atoms with E-state index in [1.807, 2.05) is 0 Å². The van der Waals surface area contributed by atoms with Crippen LogP contribution >= 0.6 is 23.5 Å². The number of aryl methyl sites for hydroxylation is 1. The lowest BCUT2D eigenvalue weighted by Crippen LogP contribution is -2.32. The van der Waals surface area contributed by atoms with Gasteiger partial charge in [0.15, 0.2) is 0 Å². The van der Waals surface area contributed by atoms with Gasteiger partial charge in [-0.2, -0.15) is 28.6 Å². The quantitative estimate of drug-likeness (QED) is 0.940. The van der Waals surface area contributed by atoms with E-state index in [0.29, 0.717) is 6.04 Å². The van der Waals surface area contributed by atoms with Gasteiger partial charge < -0.3 is 5.32 Å². The Hall–Kier alpha value is -0.650. The van der Waals surface area contributed by atoms with Gasteiger partial charge in [0.25, 0.3) is 0 Å². The molecule has 0 unspecified atom stereocenters. The van der Waals surface area contributed by atoms with Gasteiger partial charge in [-0.05, 0) is 13.0 Å². The largest absolute Gasteiger partial charge is 0.307 e. The standard InChI is InChI=1S/C15H21N3S2/c1-2-18-15-6-4-3-5-13(15)14(17-18)9-16-12-10-19-7-8-20-11-12/h3-6,12,16H,2,7-11H2,1H3. The third kappa shape index (κ3) is 3.15. The molecule has 20 heavy (non-hydrogen) atoms. The first-order chi connectivity index (χ1) is 9.88. The lowest BCUT2D eigenvalue weighted by molar-refractivity contribution is 0.582. The van der Waals surface area contributed by atoms with Crippen LogP contribution in [0.15, 0.2) is 24.3 Å². The average molecular weight is 307 g/mol. The average Bonchev–Trinajstić information content (AvgIpc) is 2.66. The van der Waals surface area contributed by atoms with Crippen LogP contribution in [0.25, 0.3) is 10.9 Å². The molecule has 0 atom stereocenters. The lowest BCUT2D eigenvalue weighted by Gasteiger charge is -2.14. The second-order valence-electron chi connectivity index (χ2n) is 5.01. The summed E-state index contributed by atoms with van der Waals surface area (Å²) in [5, 5.41) is 9.73. The van der Waals surface area contributed by atoms with E-state index in [9.17, 15) is 0 Å². The Kier molecular flexibility index (Phi) is 4.91. The summed E-state index contributed by atoms with van der Waals surface area (Å²) < 4.78 is 2.10. The van der Waals surface area contributed by atoms with E-state index in [1.165, 1.54) is 39.6 Å². The molecule has 0 bridgehead atoms. The van der Waals surface area contributed by atoms with Crippen LogP contribution in [0.5, 0.6) is 0 Å². The lowest BCUT2D eigenvalue weighted by atomic mass is 10.2. The summed E-state index contributed by atoms with van der Waals surface area (Å²) in [6.07, 6.45) is 0. The van der Waals surface area contributed by atoms with E-state index >= 15 is 0 Å². The van der Waals surface area contributed by atoms with Crippen LogP contribution in [0.1, 0.15) is 12.6 Å². The van der Waals surface area contributed by atoms with Crippen molar-refractivity contribution in [1.82, 2.24) is 15.1 Å². The van der Waals surface area contributed by atoms with E-state index in [2.05, 4.69) is 64.7 Å². The number of hydrogen-bond donors (Lipinski definition) is 1. The van der Waals surface area contributed by atoms with Gasteiger partial charge in [-0.25, -0.2) is 0 Å². The third-order valence-electron chi connectivity index (χ3n) is 3.60. The van der Waals surface area contributed by atoms with Gasteiger partial charge in [0.05, 0.1) is 11.2 Å². The molecule has 0 amide bonds. The molecule has 1 N–H and O–H groups in total. The zero-order valence-corrected chi connectivity index (χ0v) is 13.5. The second kappa shape index (κ2) is 6.87. The van der Waals surface area contributed by atoms with Crippen molar-refractivity contribution in [3.63, 3.8) is 0 Å². The molecular formula is C15H21N3S2. The number of para-hydroxylation sites is 1. The fourth-order valence-electron chi connectivity index (χ4n) is 2.54. The summed E-state index contributed by atoms with van der Waals surface area (Å²) in [4.78, 5) is 0. The van der Waals surface area contributed by atoms with Gasteiger partial charge in [-0.3, -0.25) is 4.68 Å². The number of nitrogens with one attached hydrogen (secondary N) is 1. The minimum absolute atomic E-state index is 0.609. The highest BCUT2D eigenvalue weighted by Crippen LogP contribution is 2.20. The molecule has 1 fully saturated rings. The minimum atomic E-state index is 0.609. The molecule has 3 nitrogen and oxygen atoms in total. The van der Waals surface area contributed by atoms with Crippen molar-refractivity contribution < 1.29 is 0 Å². The normalized spacial score (nSPS) is 17.4. The van der Waals surface area contributed by atoms with Crippen LogP contribution in [-0.2, 0) is 13.1 Å². The maximum absolute atomic E-state index is 4.76. The SMILES string of the molecule is CCn1nc(CNC2CSCCSC2)c2ccccc21. The zero-order chi connectivity index (χ0) is 13.8. The third-order valence-corrected chi connectivity index (χ3v) is 6.12. The van der Waals surface area contributed by atoms with E-state index in [1.54, 1.807) is 0 Å². The number of thioether (sulfide) groups is 2. The van der Waals surface area contributed by atoms with Crippen molar-refractivity contribution in [3.8, 4) is 0 Å². The fourth-order valence-corrected chi connectivity index (χ4v) is 5.01. The second-order valence-corrected chi connectivity index (χ2v) is 7.31. The van der Waals surface area contributed by atoms with Crippen molar-refractivity contribution >= 4 is 34.4 Å². The van der Waals surface area contributed by atoms with Crippen molar-refractivity contribution in [2.75, 3.05) is 23.0 Å². The Bertz CT molecular complexity index is 559. The van der Waals surface area contributed by atoms with E-state index < -0.39 is 0 Å². The molecule has 0 spiro atoms. The molecule has 0 saturated carbocycles. The summed E-state index contributed by atoms with van der Waals surface area (Å²) >= 11 is 4.13. The number of fused-ring (bicyclic) bond motifs is 1. The van der Waals surface area contributed by atoms with Gasteiger partial charge in [0.1, 0.15) is 0 Å². The van der Waals surface area contributed by atoms with Gasteiger partial charge in [-0.15, -0.1) is 0 Å². The first kappa shape index (κ1) is 14.3. The molecule has 108 valence electrons. The molecule has 1 aromatic carbocycles. The topological polar surface area (TPSA) is 29.9 Å². The highest BCUT2D eigenvalue weighted by atomic mass is 32.2. The number of nitrogens with zero attached hydrogens (tertiary/aromatic N) is 2. The zero-order valence-electron chi connectivity index (χ0n) is 11.8. The fraction of sp³-hybridized carbons (Fsp3) is 0.533. The molecule has 1 aliphatic rings. The Morgan fingerprint density at radius 1 is 1.25 bits per heavy atom. The van der Waals surface area contributed by atoms with Crippen LogP contribution in [-0.4, -0.2) is 38.8 Å². The Morgan fingerprint density at radius 2 is 2.00 bits per heavy atom. The van der Waals surface area contributed by atoms with Crippen LogP contribution in [0.2, 0.25) is 0 Å². The minimum Gasteiger partial charge on any atom is -0.307 e. The molecule has 5 heteroatoms. The first-order valence-electron chi connectivity index (χ1n) is 7.21. The predicted octanol–water partition coefficient (Wildman–Crippen LogP) is 2.99. The Morgan fingerprint density at radius 3 is 2.75 bits per heavy atom.